The lowest BCUT2D eigenvalue weighted by Crippen LogP contribution is -2.00. The van der Waals surface area contributed by atoms with Crippen LogP contribution in [0.25, 0.3) is 10.1 Å². The Morgan fingerprint density at radius 1 is 1.17 bits per heavy atom. The normalized spacial score (nSPS) is 12.8. The summed E-state index contributed by atoms with van der Waals surface area (Å²) in [5.41, 5.74) is 2.75. The van der Waals surface area contributed by atoms with Crippen molar-refractivity contribution < 1.29 is 5.11 Å². The Hall–Kier alpha value is -1.71. The number of aliphatic hydroxyl groups excluding tert-OH is 1. The first-order valence-electron chi connectivity index (χ1n) is 5.82. The summed E-state index contributed by atoms with van der Waals surface area (Å²) >= 11 is 1.66. The van der Waals surface area contributed by atoms with Crippen LogP contribution in [0.2, 0.25) is 0 Å². The van der Waals surface area contributed by atoms with E-state index in [1.54, 1.807) is 17.5 Å². The number of aryl methyl sites for hydroxylation is 1. The molecule has 1 unspecified atom stereocenters. The van der Waals surface area contributed by atoms with E-state index in [1.807, 2.05) is 36.6 Å². The number of nitrogens with zero attached hydrogens (tertiary/aromatic N) is 1. The van der Waals surface area contributed by atoms with Crippen molar-refractivity contribution in [3.05, 3.63) is 64.8 Å². The van der Waals surface area contributed by atoms with Gasteiger partial charge in [-0.15, -0.1) is 11.3 Å². The summed E-state index contributed by atoms with van der Waals surface area (Å²) in [4.78, 5) is 4.24. The molecule has 90 valence electrons. The second kappa shape index (κ2) is 4.52. The SMILES string of the molecule is Cc1ccc(C(O)c2cccc3ccsc23)cn1. The minimum absolute atomic E-state index is 0.611. The third kappa shape index (κ3) is 1.92. The molecule has 18 heavy (non-hydrogen) atoms. The molecule has 0 aliphatic heterocycles. The number of aliphatic hydroxyl groups is 1. The monoisotopic (exact) mass is 255 g/mol. The van der Waals surface area contributed by atoms with Crippen LogP contribution >= 0.6 is 11.3 Å². The van der Waals surface area contributed by atoms with Crippen LogP contribution in [0.1, 0.15) is 22.9 Å². The standard InChI is InChI=1S/C15H13NOS/c1-10-5-6-12(9-16-10)14(17)13-4-2-3-11-7-8-18-15(11)13/h2-9,14,17H,1H3. The molecule has 0 spiro atoms. The first-order valence-corrected chi connectivity index (χ1v) is 6.70. The molecular formula is C15H13NOS. The fraction of sp³-hybridized carbons (Fsp3) is 0.133. The lowest BCUT2D eigenvalue weighted by molar-refractivity contribution is 0.221. The van der Waals surface area contributed by atoms with Crippen LogP contribution in [-0.4, -0.2) is 10.1 Å². The zero-order valence-corrected chi connectivity index (χ0v) is 10.8. The van der Waals surface area contributed by atoms with Gasteiger partial charge in [0.05, 0.1) is 0 Å². The van der Waals surface area contributed by atoms with Gasteiger partial charge in [0.2, 0.25) is 0 Å². The summed E-state index contributed by atoms with van der Waals surface area (Å²) in [6, 6.07) is 11.9. The second-order valence-corrected chi connectivity index (χ2v) is 5.24. The third-order valence-electron chi connectivity index (χ3n) is 3.05. The van der Waals surface area contributed by atoms with E-state index >= 15 is 0 Å². The van der Waals surface area contributed by atoms with Crippen molar-refractivity contribution in [3.8, 4) is 0 Å². The van der Waals surface area contributed by atoms with E-state index in [1.165, 1.54) is 5.39 Å². The fourth-order valence-electron chi connectivity index (χ4n) is 2.05. The summed E-state index contributed by atoms with van der Waals surface area (Å²) in [7, 11) is 0. The summed E-state index contributed by atoms with van der Waals surface area (Å²) < 4.78 is 1.14. The summed E-state index contributed by atoms with van der Waals surface area (Å²) in [6.45, 7) is 1.94. The number of aromatic nitrogens is 1. The van der Waals surface area contributed by atoms with Crippen molar-refractivity contribution in [2.75, 3.05) is 0 Å². The van der Waals surface area contributed by atoms with Gasteiger partial charge in [-0.05, 0) is 29.8 Å². The molecule has 0 saturated heterocycles. The van der Waals surface area contributed by atoms with Gasteiger partial charge in [0.1, 0.15) is 6.10 Å². The van der Waals surface area contributed by atoms with Crippen molar-refractivity contribution in [1.82, 2.24) is 4.98 Å². The number of pyridine rings is 1. The van der Waals surface area contributed by atoms with Crippen LogP contribution in [0, 0.1) is 6.92 Å². The van der Waals surface area contributed by atoms with E-state index in [9.17, 15) is 5.11 Å². The van der Waals surface area contributed by atoms with Crippen LogP contribution < -0.4 is 0 Å². The van der Waals surface area contributed by atoms with E-state index in [0.29, 0.717) is 0 Å². The lowest BCUT2D eigenvalue weighted by Gasteiger charge is -2.12. The average Bonchev–Trinajstić information content (AvgIpc) is 2.87. The molecule has 0 aliphatic rings. The molecule has 0 saturated carbocycles. The molecule has 3 heteroatoms. The Balaban J connectivity index is 2.08. The number of thiophene rings is 1. The molecule has 1 aromatic carbocycles. The first-order chi connectivity index (χ1) is 8.75. The highest BCUT2D eigenvalue weighted by Gasteiger charge is 2.14. The van der Waals surface area contributed by atoms with Crippen LogP contribution in [0.3, 0.4) is 0 Å². The Morgan fingerprint density at radius 2 is 2.06 bits per heavy atom. The molecule has 0 bridgehead atoms. The van der Waals surface area contributed by atoms with E-state index in [-0.39, 0.29) is 0 Å². The quantitative estimate of drug-likeness (QED) is 0.757. The molecule has 0 amide bonds. The van der Waals surface area contributed by atoms with Gasteiger partial charge in [0.15, 0.2) is 0 Å². The molecule has 2 nitrogen and oxygen atoms in total. The number of benzene rings is 1. The number of fused-ring (bicyclic) bond motifs is 1. The van der Waals surface area contributed by atoms with Gasteiger partial charge in [-0.2, -0.15) is 0 Å². The van der Waals surface area contributed by atoms with Crippen molar-refractivity contribution in [1.29, 1.82) is 0 Å². The maximum absolute atomic E-state index is 10.5. The number of hydrogen-bond acceptors (Lipinski definition) is 3. The Morgan fingerprint density at radius 3 is 2.83 bits per heavy atom. The van der Waals surface area contributed by atoms with Crippen LogP contribution in [0.4, 0.5) is 0 Å². The maximum Gasteiger partial charge on any atom is 0.107 e. The largest absolute Gasteiger partial charge is 0.384 e. The molecule has 1 N–H and O–H groups in total. The zero-order chi connectivity index (χ0) is 12.5. The minimum Gasteiger partial charge on any atom is -0.384 e. The Bertz CT molecular complexity index is 672. The first kappa shape index (κ1) is 11.4. The van der Waals surface area contributed by atoms with Gasteiger partial charge in [-0.3, -0.25) is 4.98 Å². The molecule has 0 radical (unpaired) electrons. The predicted octanol–water partition coefficient (Wildman–Crippen LogP) is 3.69. The average molecular weight is 255 g/mol. The van der Waals surface area contributed by atoms with Crippen LogP contribution in [0.15, 0.2) is 48.0 Å². The van der Waals surface area contributed by atoms with Crippen molar-refractivity contribution >= 4 is 21.4 Å². The topological polar surface area (TPSA) is 33.1 Å². The molecule has 3 aromatic rings. The van der Waals surface area contributed by atoms with Crippen LogP contribution in [-0.2, 0) is 0 Å². The molecular weight excluding hydrogens is 242 g/mol. The second-order valence-electron chi connectivity index (χ2n) is 4.32. The van der Waals surface area contributed by atoms with E-state index in [4.69, 9.17) is 0 Å². The highest BCUT2D eigenvalue weighted by atomic mass is 32.1. The molecule has 0 aliphatic carbocycles. The summed E-state index contributed by atoms with van der Waals surface area (Å²) in [6.07, 6.45) is 1.13. The van der Waals surface area contributed by atoms with Gasteiger partial charge in [0, 0.05) is 27.7 Å². The van der Waals surface area contributed by atoms with Gasteiger partial charge in [-0.25, -0.2) is 0 Å². The lowest BCUT2D eigenvalue weighted by atomic mass is 10.0. The fourth-order valence-corrected chi connectivity index (χ4v) is 2.99. The number of rotatable bonds is 2. The van der Waals surface area contributed by atoms with Crippen molar-refractivity contribution in [2.45, 2.75) is 13.0 Å². The van der Waals surface area contributed by atoms with E-state index in [2.05, 4.69) is 17.1 Å². The Kier molecular flexibility index (Phi) is 2.86. The maximum atomic E-state index is 10.5. The summed E-state index contributed by atoms with van der Waals surface area (Å²) in [5, 5.41) is 13.7. The number of hydrogen-bond donors (Lipinski definition) is 1. The minimum atomic E-state index is -0.611. The van der Waals surface area contributed by atoms with Gasteiger partial charge in [0.25, 0.3) is 0 Å². The predicted molar refractivity (Wildman–Crippen MR) is 74.9 cm³/mol. The van der Waals surface area contributed by atoms with Crippen molar-refractivity contribution in [2.24, 2.45) is 0 Å². The van der Waals surface area contributed by atoms with E-state index < -0.39 is 6.10 Å². The summed E-state index contributed by atoms with van der Waals surface area (Å²) in [5.74, 6) is 0. The smallest absolute Gasteiger partial charge is 0.107 e. The third-order valence-corrected chi connectivity index (χ3v) is 4.03. The highest BCUT2D eigenvalue weighted by Crippen LogP contribution is 2.31. The molecule has 2 heterocycles. The highest BCUT2D eigenvalue weighted by molar-refractivity contribution is 7.17. The van der Waals surface area contributed by atoms with Gasteiger partial charge < -0.3 is 5.11 Å². The van der Waals surface area contributed by atoms with E-state index in [0.717, 1.165) is 21.5 Å². The molecule has 0 fully saturated rings. The van der Waals surface area contributed by atoms with Crippen molar-refractivity contribution in [3.63, 3.8) is 0 Å². The zero-order valence-electron chi connectivity index (χ0n) is 10.00. The van der Waals surface area contributed by atoms with Gasteiger partial charge >= 0.3 is 0 Å². The molecule has 3 rings (SSSR count). The van der Waals surface area contributed by atoms with Crippen LogP contribution in [0.5, 0.6) is 0 Å². The molecule has 2 aromatic heterocycles. The Labute approximate surface area is 110 Å². The van der Waals surface area contributed by atoms with Gasteiger partial charge in [-0.1, -0.05) is 24.3 Å². The molecule has 1 atom stereocenters.